The van der Waals surface area contributed by atoms with Gasteiger partial charge in [0.1, 0.15) is 0 Å². The van der Waals surface area contributed by atoms with Crippen LogP contribution in [0.3, 0.4) is 0 Å². The number of halogens is 1. The first-order valence-electron chi connectivity index (χ1n) is 3.64. The van der Waals surface area contributed by atoms with E-state index in [1.165, 1.54) is 6.92 Å². The molecule has 0 amide bonds. The zero-order valence-corrected chi connectivity index (χ0v) is 8.58. The second kappa shape index (κ2) is 4.18. The Balaban J connectivity index is 3.07. The van der Waals surface area contributed by atoms with Crippen molar-refractivity contribution in [3.05, 3.63) is 34.3 Å². The van der Waals surface area contributed by atoms with Crippen molar-refractivity contribution in [2.24, 2.45) is 5.16 Å². The second-order valence-corrected chi connectivity index (χ2v) is 3.43. The minimum atomic E-state index is -0.259. The number of carbonyl (C=O) groups is 1. The highest BCUT2D eigenvalue weighted by molar-refractivity contribution is 9.10. The summed E-state index contributed by atoms with van der Waals surface area (Å²) in [5, 5.41) is 11.5. The van der Waals surface area contributed by atoms with Gasteiger partial charge in [0.05, 0.1) is 0 Å². The largest absolute Gasteiger partial charge is 0.410 e. The third-order valence-electron chi connectivity index (χ3n) is 1.55. The quantitative estimate of drug-likeness (QED) is 0.491. The first kappa shape index (κ1) is 9.92. The van der Waals surface area contributed by atoms with E-state index in [4.69, 9.17) is 5.21 Å². The van der Waals surface area contributed by atoms with Gasteiger partial charge in [-0.05, 0) is 12.1 Å². The van der Waals surface area contributed by atoms with Crippen molar-refractivity contribution < 1.29 is 10.0 Å². The van der Waals surface area contributed by atoms with Crippen LogP contribution in [0.1, 0.15) is 12.5 Å². The maximum Gasteiger partial charge on any atom is 0.182 e. The number of carbonyl (C=O) groups excluding carboxylic acids is 1. The molecule has 1 N–H and O–H groups in total. The molecule has 0 radical (unpaired) electrons. The molecule has 1 rings (SSSR count). The lowest BCUT2D eigenvalue weighted by Gasteiger charge is -1.99. The molecule has 0 unspecified atom stereocenters. The normalized spacial score (nSPS) is 11.4. The molecular weight excluding hydrogens is 234 g/mol. The predicted octanol–water partition coefficient (Wildman–Crippen LogP) is 2.22. The molecule has 0 bridgehead atoms. The number of Topliss-reactive ketones (excluding diaryl/α,β-unsaturated/α-hetero) is 1. The average molecular weight is 242 g/mol. The van der Waals surface area contributed by atoms with Crippen molar-refractivity contribution in [1.82, 2.24) is 0 Å². The summed E-state index contributed by atoms with van der Waals surface area (Å²) in [4.78, 5) is 11.0. The molecule has 4 heteroatoms. The SMILES string of the molecule is CC(=O)C(=NO)c1ccc(Br)cc1. The molecule has 0 aliphatic rings. The molecule has 0 saturated heterocycles. The fraction of sp³-hybridized carbons (Fsp3) is 0.111. The lowest BCUT2D eigenvalue weighted by molar-refractivity contribution is -0.111. The van der Waals surface area contributed by atoms with Crippen molar-refractivity contribution in [1.29, 1.82) is 0 Å². The third-order valence-corrected chi connectivity index (χ3v) is 2.08. The van der Waals surface area contributed by atoms with E-state index >= 15 is 0 Å². The van der Waals surface area contributed by atoms with Gasteiger partial charge in [0.25, 0.3) is 0 Å². The molecule has 3 nitrogen and oxygen atoms in total. The van der Waals surface area contributed by atoms with E-state index in [0.29, 0.717) is 5.56 Å². The highest BCUT2D eigenvalue weighted by Crippen LogP contribution is 2.11. The van der Waals surface area contributed by atoms with Crippen LogP contribution >= 0.6 is 15.9 Å². The number of rotatable bonds is 2. The smallest absolute Gasteiger partial charge is 0.182 e. The Bertz CT molecular complexity index is 343. The molecule has 1 aromatic carbocycles. The van der Waals surface area contributed by atoms with E-state index in [0.717, 1.165) is 4.47 Å². The molecule has 0 fully saturated rings. The summed E-state index contributed by atoms with van der Waals surface area (Å²) in [6.07, 6.45) is 0. The molecule has 0 spiro atoms. The van der Waals surface area contributed by atoms with Gasteiger partial charge >= 0.3 is 0 Å². The van der Waals surface area contributed by atoms with E-state index in [1.54, 1.807) is 24.3 Å². The summed E-state index contributed by atoms with van der Waals surface area (Å²) < 4.78 is 0.914. The lowest BCUT2D eigenvalue weighted by atomic mass is 10.1. The molecule has 0 aliphatic heterocycles. The average Bonchev–Trinajstić information content (AvgIpc) is 2.09. The van der Waals surface area contributed by atoms with E-state index < -0.39 is 0 Å². The molecule has 68 valence electrons. The van der Waals surface area contributed by atoms with Gasteiger partial charge in [-0.15, -0.1) is 0 Å². The number of benzene rings is 1. The predicted molar refractivity (Wildman–Crippen MR) is 53.1 cm³/mol. The molecule has 0 aromatic heterocycles. The van der Waals surface area contributed by atoms with Crippen molar-refractivity contribution in [2.75, 3.05) is 0 Å². The Morgan fingerprint density at radius 1 is 1.38 bits per heavy atom. The molecular formula is C9H8BrNO2. The molecule has 0 heterocycles. The van der Waals surface area contributed by atoms with Crippen LogP contribution in [0, 0.1) is 0 Å². The zero-order valence-electron chi connectivity index (χ0n) is 6.99. The standard InChI is InChI=1S/C9H8BrNO2/c1-6(12)9(11-13)7-2-4-8(10)5-3-7/h2-5,13H,1H3. The van der Waals surface area contributed by atoms with Gasteiger partial charge in [-0.1, -0.05) is 33.2 Å². The Morgan fingerprint density at radius 3 is 2.31 bits per heavy atom. The first-order chi connectivity index (χ1) is 6.15. The summed E-state index contributed by atoms with van der Waals surface area (Å²) in [5.41, 5.74) is 0.686. The summed E-state index contributed by atoms with van der Waals surface area (Å²) >= 11 is 3.27. The van der Waals surface area contributed by atoms with Gasteiger partial charge in [0.2, 0.25) is 0 Å². The van der Waals surface area contributed by atoms with E-state index in [9.17, 15) is 4.79 Å². The number of nitrogens with zero attached hydrogens (tertiary/aromatic N) is 1. The molecule has 0 aliphatic carbocycles. The minimum Gasteiger partial charge on any atom is -0.410 e. The Kier molecular flexibility index (Phi) is 3.19. The lowest BCUT2D eigenvalue weighted by Crippen LogP contribution is -2.11. The molecule has 13 heavy (non-hydrogen) atoms. The van der Waals surface area contributed by atoms with Gasteiger partial charge in [-0.2, -0.15) is 0 Å². The van der Waals surface area contributed by atoms with Crippen LogP contribution in [0.5, 0.6) is 0 Å². The fourth-order valence-corrected chi connectivity index (χ4v) is 1.20. The number of hydrogen-bond donors (Lipinski definition) is 1. The Hall–Kier alpha value is -1.16. The summed E-state index contributed by atoms with van der Waals surface area (Å²) in [7, 11) is 0. The summed E-state index contributed by atoms with van der Waals surface area (Å²) in [6, 6.07) is 6.98. The van der Waals surface area contributed by atoms with Crippen LogP contribution in [-0.2, 0) is 4.79 Å². The second-order valence-electron chi connectivity index (χ2n) is 2.51. The van der Waals surface area contributed by atoms with E-state index in [1.807, 2.05) is 0 Å². The minimum absolute atomic E-state index is 0.0764. The topological polar surface area (TPSA) is 49.7 Å². The Morgan fingerprint density at radius 2 is 1.92 bits per heavy atom. The van der Waals surface area contributed by atoms with Crippen LogP contribution in [0.15, 0.2) is 33.9 Å². The van der Waals surface area contributed by atoms with Gasteiger partial charge in [0.15, 0.2) is 11.5 Å². The van der Waals surface area contributed by atoms with Crippen molar-refractivity contribution >= 4 is 27.4 Å². The van der Waals surface area contributed by atoms with Crippen molar-refractivity contribution in [2.45, 2.75) is 6.92 Å². The van der Waals surface area contributed by atoms with Crippen molar-refractivity contribution in [3.8, 4) is 0 Å². The van der Waals surface area contributed by atoms with Gasteiger partial charge in [-0.25, -0.2) is 0 Å². The zero-order chi connectivity index (χ0) is 9.84. The van der Waals surface area contributed by atoms with Gasteiger partial charge in [-0.3, -0.25) is 4.79 Å². The van der Waals surface area contributed by atoms with Crippen LogP contribution in [-0.4, -0.2) is 16.7 Å². The summed E-state index contributed by atoms with van der Waals surface area (Å²) in [5.74, 6) is -0.259. The highest BCUT2D eigenvalue weighted by atomic mass is 79.9. The molecule has 1 aromatic rings. The Labute approximate surface area is 84.2 Å². The van der Waals surface area contributed by atoms with Gasteiger partial charge in [0, 0.05) is 17.0 Å². The molecule has 0 atom stereocenters. The van der Waals surface area contributed by atoms with Crippen LogP contribution in [0.4, 0.5) is 0 Å². The fourth-order valence-electron chi connectivity index (χ4n) is 0.939. The van der Waals surface area contributed by atoms with E-state index in [2.05, 4.69) is 21.1 Å². The van der Waals surface area contributed by atoms with E-state index in [-0.39, 0.29) is 11.5 Å². The maximum atomic E-state index is 11.0. The van der Waals surface area contributed by atoms with Gasteiger partial charge < -0.3 is 5.21 Å². The first-order valence-corrected chi connectivity index (χ1v) is 4.43. The maximum absolute atomic E-state index is 11.0. The monoisotopic (exact) mass is 241 g/mol. The van der Waals surface area contributed by atoms with Crippen LogP contribution in [0.25, 0.3) is 0 Å². The number of ketones is 1. The number of oxime groups is 1. The van der Waals surface area contributed by atoms with Crippen molar-refractivity contribution in [3.63, 3.8) is 0 Å². The van der Waals surface area contributed by atoms with Crippen LogP contribution < -0.4 is 0 Å². The third kappa shape index (κ3) is 2.39. The highest BCUT2D eigenvalue weighted by Gasteiger charge is 2.08. The number of hydrogen-bond acceptors (Lipinski definition) is 3. The molecule has 0 saturated carbocycles. The summed E-state index contributed by atoms with van der Waals surface area (Å²) in [6.45, 7) is 1.36. The van der Waals surface area contributed by atoms with Crippen LogP contribution in [0.2, 0.25) is 0 Å².